The Hall–Kier alpha value is -2.58. The summed E-state index contributed by atoms with van der Waals surface area (Å²) in [5, 5.41) is 4.24. The molecule has 26 heavy (non-hydrogen) atoms. The second kappa shape index (κ2) is 6.62. The number of rotatable bonds is 3. The molecule has 9 heteroatoms. The SMILES string of the molecule is Cc1nn(C)c(C)c1C(=O)N1CCC(Oc2cc(C(F)(F)F)ccn2)C1. The van der Waals surface area contributed by atoms with Crippen LogP contribution in [0.25, 0.3) is 0 Å². The van der Waals surface area contributed by atoms with E-state index in [2.05, 4.69) is 10.1 Å². The number of likely N-dealkylation sites (tertiary alicyclic amines) is 1. The first kappa shape index (κ1) is 18.2. The molecule has 2 aromatic rings. The third-order valence-electron chi connectivity index (χ3n) is 4.50. The zero-order valence-corrected chi connectivity index (χ0v) is 14.7. The summed E-state index contributed by atoms with van der Waals surface area (Å²) in [6.07, 6.45) is -3.25. The average molecular weight is 368 g/mol. The zero-order valence-electron chi connectivity index (χ0n) is 14.7. The molecule has 2 aromatic heterocycles. The van der Waals surface area contributed by atoms with Crippen molar-refractivity contribution in [2.75, 3.05) is 13.1 Å². The van der Waals surface area contributed by atoms with Crippen molar-refractivity contribution in [2.45, 2.75) is 32.5 Å². The van der Waals surface area contributed by atoms with E-state index >= 15 is 0 Å². The van der Waals surface area contributed by atoms with E-state index < -0.39 is 17.8 Å². The molecular formula is C17H19F3N4O2. The fourth-order valence-electron chi connectivity index (χ4n) is 3.07. The summed E-state index contributed by atoms with van der Waals surface area (Å²) >= 11 is 0. The van der Waals surface area contributed by atoms with Gasteiger partial charge >= 0.3 is 6.18 Å². The molecule has 1 fully saturated rings. The number of amides is 1. The van der Waals surface area contributed by atoms with Crippen LogP contribution in [0.5, 0.6) is 5.88 Å². The first-order valence-electron chi connectivity index (χ1n) is 8.16. The van der Waals surface area contributed by atoms with Crippen molar-refractivity contribution in [1.82, 2.24) is 19.7 Å². The monoisotopic (exact) mass is 368 g/mol. The van der Waals surface area contributed by atoms with Crippen molar-refractivity contribution >= 4 is 5.91 Å². The van der Waals surface area contributed by atoms with E-state index in [1.807, 2.05) is 6.92 Å². The lowest BCUT2D eigenvalue weighted by molar-refractivity contribution is -0.137. The number of pyridine rings is 1. The van der Waals surface area contributed by atoms with Crippen molar-refractivity contribution in [3.05, 3.63) is 40.8 Å². The number of alkyl halides is 3. The number of hydrogen-bond donors (Lipinski definition) is 0. The molecular weight excluding hydrogens is 349 g/mol. The molecule has 1 unspecified atom stereocenters. The highest BCUT2D eigenvalue weighted by atomic mass is 19.4. The van der Waals surface area contributed by atoms with Gasteiger partial charge in [0.05, 0.1) is 23.4 Å². The van der Waals surface area contributed by atoms with Crippen LogP contribution in [0.4, 0.5) is 13.2 Å². The highest BCUT2D eigenvalue weighted by molar-refractivity contribution is 5.96. The maximum Gasteiger partial charge on any atom is 0.416 e. The van der Waals surface area contributed by atoms with Crippen LogP contribution < -0.4 is 4.74 Å². The minimum atomic E-state index is -4.45. The van der Waals surface area contributed by atoms with Crippen LogP contribution in [0, 0.1) is 13.8 Å². The van der Waals surface area contributed by atoms with Crippen LogP contribution in [0.2, 0.25) is 0 Å². The number of ether oxygens (including phenoxy) is 1. The molecule has 1 aliphatic rings. The minimum absolute atomic E-state index is 0.0899. The van der Waals surface area contributed by atoms with Crippen LogP contribution in [0.1, 0.15) is 33.7 Å². The lowest BCUT2D eigenvalue weighted by Crippen LogP contribution is -2.31. The van der Waals surface area contributed by atoms with Crippen molar-refractivity contribution in [1.29, 1.82) is 0 Å². The average Bonchev–Trinajstić information content (AvgIpc) is 3.11. The molecule has 1 atom stereocenters. The van der Waals surface area contributed by atoms with Crippen LogP contribution in [0.15, 0.2) is 18.3 Å². The van der Waals surface area contributed by atoms with Crippen molar-refractivity contribution in [3.8, 4) is 5.88 Å². The Labute approximate surface area is 148 Å². The van der Waals surface area contributed by atoms with Crippen LogP contribution >= 0.6 is 0 Å². The number of carbonyl (C=O) groups is 1. The Morgan fingerprint density at radius 2 is 2.08 bits per heavy atom. The maximum absolute atomic E-state index is 12.8. The Morgan fingerprint density at radius 1 is 1.35 bits per heavy atom. The molecule has 1 amide bonds. The quantitative estimate of drug-likeness (QED) is 0.836. The summed E-state index contributed by atoms with van der Waals surface area (Å²) in [5.41, 5.74) is 1.18. The predicted octanol–water partition coefficient (Wildman–Crippen LogP) is 2.74. The van der Waals surface area contributed by atoms with Crippen molar-refractivity contribution in [2.24, 2.45) is 7.05 Å². The molecule has 1 saturated heterocycles. The molecule has 3 rings (SSSR count). The van der Waals surface area contributed by atoms with E-state index in [-0.39, 0.29) is 11.8 Å². The van der Waals surface area contributed by atoms with Crippen molar-refractivity contribution < 1.29 is 22.7 Å². The maximum atomic E-state index is 12.8. The Kier molecular flexibility index (Phi) is 4.64. The van der Waals surface area contributed by atoms with Gasteiger partial charge in [0, 0.05) is 38.0 Å². The molecule has 0 aliphatic carbocycles. The largest absolute Gasteiger partial charge is 0.472 e. The van der Waals surface area contributed by atoms with Gasteiger partial charge in [-0.25, -0.2) is 4.98 Å². The van der Waals surface area contributed by atoms with E-state index in [0.717, 1.165) is 24.0 Å². The first-order valence-corrected chi connectivity index (χ1v) is 8.16. The predicted molar refractivity (Wildman–Crippen MR) is 86.9 cm³/mol. The topological polar surface area (TPSA) is 60.2 Å². The first-order chi connectivity index (χ1) is 12.2. The van der Waals surface area contributed by atoms with Gasteiger partial charge in [-0.2, -0.15) is 18.3 Å². The van der Waals surface area contributed by atoms with Gasteiger partial charge in [0.25, 0.3) is 5.91 Å². The van der Waals surface area contributed by atoms with Gasteiger partial charge in [0.2, 0.25) is 5.88 Å². The van der Waals surface area contributed by atoms with Gasteiger partial charge in [-0.05, 0) is 19.9 Å². The van der Waals surface area contributed by atoms with E-state index in [1.54, 1.807) is 23.6 Å². The lowest BCUT2D eigenvalue weighted by Gasteiger charge is -2.17. The molecule has 0 saturated carbocycles. The third kappa shape index (κ3) is 3.51. The van der Waals surface area contributed by atoms with Gasteiger partial charge in [-0.3, -0.25) is 9.48 Å². The summed E-state index contributed by atoms with van der Waals surface area (Å²) in [5.74, 6) is -0.232. The smallest absolute Gasteiger partial charge is 0.416 e. The normalized spacial score (nSPS) is 17.6. The number of aromatic nitrogens is 3. The number of halogens is 3. The minimum Gasteiger partial charge on any atom is -0.472 e. The van der Waals surface area contributed by atoms with E-state index in [9.17, 15) is 18.0 Å². The fraction of sp³-hybridized carbons (Fsp3) is 0.471. The molecule has 1 aliphatic heterocycles. The lowest BCUT2D eigenvalue weighted by atomic mass is 10.2. The Balaban J connectivity index is 1.68. The molecule has 140 valence electrons. The number of hydrogen-bond acceptors (Lipinski definition) is 4. The molecule has 0 aromatic carbocycles. The van der Waals surface area contributed by atoms with Crippen molar-refractivity contribution in [3.63, 3.8) is 0 Å². The van der Waals surface area contributed by atoms with E-state index in [4.69, 9.17) is 4.74 Å². The summed E-state index contributed by atoms with van der Waals surface area (Å²) in [4.78, 5) is 18.2. The Morgan fingerprint density at radius 3 is 2.69 bits per heavy atom. The van der Waals surface area contributed by atoms with E-state index in [1.165, 1.54) is 0 Å². The van der Waals surface area contributed by atoms with Gasteiger partial charge in [0.1, 0.15) is 6.10 Å². The standard InChI is InChI=1S/C17H19F3N4O2/c1-10-15(11(2)23(3)22-10)16(25)24-7-5-13(9-24)26-14-8-12(4-6-21-14)17(18,19)20/h4,6,8,13H,5,7,9H2,1-3H3. The molecule has 0 N–H and O–H groups in total. The number of carbonyl (C=O) groups excluding carboxylic acids is 1. The summed E-state index contributed by atoms with van der Waals surface area (Å²) < 4.78 is 45.5. The number of aryl methyl sites for hydroxylation is 2. The van der Waals surface area contributed by atoms with Crippen LogP contribution in [-0.2, 0) is 13.2 Å². The van der Waals surface area contributed by atoms with Gasteiger partial charge in [0.15, 0.2) is 0 Å². The fourth-order valence-corrected chi connectivity index (χ4v) is 3.07. The Bertz CT molecular complexity index is 832. The van der Waals surface area contributed by atoms with Gasteiger partial charge < -0.3 is 9.64 Å². The molecule has 0 spiro atoms. The molecule has 6 nitrogen and oxygen atoms in total. The highest BCUT2D eigenvalue weighted by Gasteiger charge is 2.33. The van der Waals surface area contributed by atoms with E-state index in [0.29, 0.717) is 30.8 Å². The molecule has 0 bridgehead atoms. The second-order valence-electron chi connectivity index (χ2n) is 6.33. The second-order valence-corrected chi connectivity index (χ2v) is 6.33. The summed E-state index contributed by atoms with van der Waals surface area (Å²) in [6.45, 7) is 4.36. The van der Waals surface area contributed by atoms with Gasteiger partial charge in [-0.15, -0.1) is 0 Å². The molecule has 0 radical (unpaired) electrons. The van der Waals surface area contributed by atoms with Gasteiger partial charge in [-0.1, -0.05) is 0 Å². The van der Waals surface area contributed by atoms with Crippen LogP contribution in [0.3, 0.4) is 0 Å². The highest BCUT2D eigenvalue weighted by Crippen LogP contribution is 2.31. The summed E-state index contributed by atoms with van der Waals surface area (Å²) in [7, 11) is 1.77. The number of nitrogens with zero attached hydrogens (tertiary/aromatic N) is 4. The van der Waals surface area contributed by atoms with Crippen LogP contribution in [-0.4, -0.2) is 44.8 Å². The summed E-state index contributed by atoms with van der Waals surface area (Å²) in [6, 6.07) is 1.77. The third-order valence-corrected chi connectivity index (χ3v) is 4.50. The zero-order chi connectivity index (χ0) is 19.1. The molecule has 3 heterocycles.